The quantitative estimate of drug-likeness (QED) is 0.705. The van der Waals surface area contributed by atoms with Crippen LogP contribution in [-0.4, -0.2) is 40.1 Å². The van der Waals surface area contributed by atoms with Gasteiger partial charge in [-0.3, -0.25) is 4.68 Å². The Morgan fingerprint density at radius 3 is 2.74 bits per heavy atom. The Morgan fingerprint density at radius 2 is 2.11 bits per heavy atom. The van der Waals surface area contributed by atoms with Crippen LogP contribution in [0.5, 0.6) is 0 Å². The normalized spacial score (nSPS) is 13.1. The van der Waals surface area contributed by atoms with E-state index in [4.69, 9.17) is 4.74 Å². The van der Waals surface area contributed by atoms with Gasteiger partial charge >= 0.3 is 0 Å². The van der Waals surface area contributed by atoms with E-state index in [1.165, 1.54) is 0 Å². The zero-order valence-corrected chi connectivity index (χ0v) is 12.7. The zero-order chi connectivity index (χ0) is 14.1. The molecule has 0 saturated carbocycles. The molecular weight excluding hydrogens is 240 g/mol. The van der Waals surface area contributed by atoms with Crippen LogP contribution in [0, 0.1) is 0 Å². The number of aryl methyl sites for hydroxylation is 1. The highest BCUT2D eigenvalue weighted by molar-refractivity contribution is 4.90. The van der Waals surface area contributed by atoms with Crippen molar-refractivity contribution >= 4 is 0 Å². The molecule has 1 atom stereocenters. The number of hydrogen-bond donors (Lipinski definition) is 1. The van der Waals surface area contributed by atoms with E-state index >= 15 is 0 Å². The van der Waals surface area contributed by atoms with Gasteiger partial charge in [-0.05, 0) is 33.2 Å². The summed E-state index contributed by atoms with van der Waals surface area (Å²) >= 11 is 0. The number of hydrogen-bond acceptors (Lipinski definition) is 4. The summed E-state index contributed by atoms with van der Waals surface area (Å²) in [6.07, 6.45) is 4.98. The Labute approximate surface area is 116 Å². The Bertz CT molecular complexity index is 338. The van der Waals surface area contributed by atoms with Crippen LogP contribution in [0.4, 0.5) is 0 Å². The third-order valence-electron chi connectivity index (χ3n) is 2.87. The fourth-order valence-corrected chi connectivity index (χ4v) is 1.91. The molecule has 1 rings (SSSR count). The zero-order valence-electron chi connectivity index (χ0n) is 12.7. The first-order valence-corrected chi connectivity index (χ1v) is 7.39. The summed E-state index contributed by atoms with van der Waals surface area (Å²) in [4.78, 5) is 4.37. The minimum absolute atomic E-state index is 0.263. The van der Waals surface area contributed by atoms with Crippen LogP contribution in [0.2, 0.25) is 0 Å². The number of nitrogens with one attached hydrogen (secondary N) is 1. The number of aromatic nitrogens is 3. The molecule has 1 aromatic rings. The van der Waals surface area contributed by atoms with Crippen molar-refractivity contribution in [3.8, 4) is 0 Å². The van der Waals surface area contributed by atoms with Gasteiger partial charge in [0.25, 0.3) is 0 Å². The SMILES string of the molecule is CCCNC(COC(C)C)Cc1ncnn1CCC. The van der Waals surface area contributed by atoms with Crippen LogP contribution in [0.15, 0.2) is 6.33 Å². The first-order valence-electron chi connectivity index (χ1n) is 7.39. The van der Waals surface area contributed by atoms with E-state index in [2.05, 4.69) is 43.1 Å². The molecule has 0 amide bonds. The number of ether oxygens (including phenoxy) is 1. The lowest BCUT2D eigenvalue weighted by atomic mass is 10.2. The predicted octanol–water partition coefficient (Wildman–Crippen LogP) is 2.02. The maximum atomic E-state index is 5.73. The summed E-state index contributed by atoms with van der Waals surface area (Å²) < 4.78 is 7.73. The highest BCUT2D eigenvalue weighted by atomic mass is 16.5. The van der Waals surface area contributed by atoms with Gasteiger partial charge in [-0.15, -0.1) is 0 Å². The second-order valence-electron chi connectivity index (χ2n) is 5.14. The highest BCUT2D eigenvalue weighted by Crippen LogP contribution is 2.03. The Hall–Kier alpha value is -0.940. The highest BCUT2D eigenvalue weighted by Gasteiger charge is 2.14. The van der Waals surface area contributed by atoms with E-state index in [-0.39, 0.29) is 6.10 Å². The van der Waals surface area contributed by atoms with Crippen molar-refractivity contribution in [1.82, 2.24) is 20.1 Å². The molecule has 0 aliphatic heterocycles. The molecule has 5 heteroatoms. The van der Waals surface area contributed by atoms with Gasteiger partial charge < -0.3 is 10.1 Å². The van der Waals surface area contributed by atoms with Crippen LogP contribution >= 0.6 is 0 Å². The van der Waals surface area contributed by atoms with Gasteiger partial charge in [0.2, 0.25) is 0 Å². The molecule has 0 aliphatic carbocycles. The van der Waals surface area contributed by atoms with Gasteiger partial charge in [0.1, 0.15) is 12.2 Å². The average molecular weight is 268 g/mol. The summed E-state index contributed by atoms with van der Waals surface area (Å²) in [5.74, 6) is 1.04. The second kappa shape index (κ2) is 9.04. The van der Waals surface area contributed by atoms with E-state index < -0.39 is 0 Å². The molecule has 0 bridgehead atoms. The van der Waals surface area contributed by atoms with Gasteiger partial charge in [-0.1, -0.05) is 13.8 Å². The lowest BCUT2D eigenvalue weighted by Crippen LogP contribution is -2.37. The maximum Gasteiger partial charge on any atom is 0.138 e. The molecule has 0 saturated heterocycles. The van der Waals surface area contributed by atoms with Gasteiger partial charge in [0.15, 0.2) is 0 Å². The van der Waals surface area contributed by atoms with Gasteiger partial charge in [0.05, 0.1) is 12.7 Å². The molecule has 0 aliphatic rings. The minimum Gasteiger partial charge on any atom is -0.377 e. The lowest BCUT2D eigenvalue weighted by Gasteiger charge is -2.20. The number of rotatable bonds is 10. The Kier molecular flexibility index (Phi) is 7.67. The van der Waals surface area contributed by atoms with Crippen molar-refractivity contribution in [2.75, 3.05) is 13.2 Å². The van der Waals surface area contributed by atoms with Gasteiger partial charge in [0, 0.05) is 19.0 Å². The maximum absolute atomic E-state index is 5.73. The van der Waals surface area contributed by atoms with Crippen LogP contribution in [0.1, 0.15) is 46.4 Å². The molecule has 110 valence electrons. The van der Waals surface area contributed by atoms with Crippen molar-refractivity contribution in [3.63, 3.8) is 0 Å². The molecule has 1 N–H and O–H groups in total. The van der Waals surface area contributed by atoms with Crippen molar-refractivity contribution in [2.45, 2.75) is 65.6 Å². The first kappa shape index (κ1) is 16.1. The molecule has 0 spiro atoms. The van der Waals surface area contributed by atoms with E-state index in [0.717, 1.165) is 44.8 Å². The van der Waals surface area contributed by atoms with Crippen LogP contribution in [0.25, 0.3) is 0 Å². The summed E-state index contributed by atoms with van der Waals surface area (Å²) in [6, 6.07) is 0.308. The van der Waals surface area contributed by atoms with Crippen molar-refractivity contribution < 1.29 is 4.74 Å². The number of nitrogens with zero attached hydrogens (tertiary/aromatic N) is 3. The monoisotopic (exact) mass is 268 g/mol. The third-order valence-corrected chi connectivity index (χ3v) is 2.87. The third kappa shape index (κ3) is 6.16. The topological polar surface area (TPSA) is 52.0 Å². The molecule has 5 nitrogen and oxygen atoms in total. The van der Waals surface area contributed by atoms with Crippen LogP contribution in [-0.2, 0) is 17.7 Å². The van der Waals surface area contributed by atoms with Crippen molar-refractivity contribution in [1.29, 1.82) is 0 Å². The summed E-state index contributed by atoms with van der Waals surface area (Å²) in [7, 11) is 0. The molecule has 1 unspecified atom stereocenters. The van der Waals surface area contributed by atoms with Gasteiger partial charge in [-0.25, -0.2) is 4.98 Å². The molecule has 0 aromatic carbocycles. The Morgan fingerprint density at radius 1 is 1.32 bits per heavy atom. The van der Waals surface area contributed by atoms with Crippen molar-refractivity contribution in [3.05, 3.63) is 12.2 Å². The molecule has 1 aromatic heterocycles. The van der Waals surface area contributed by atoms with Crippen LogP contribution in [0.3, 0.4) is 0 Å². The van der Waals surface area contributed by atoms with Crippen molar-refractivity contribution in [2.24, 2.45) is 0 Å². The van der Waals surface area contributed by atoms with E-state index in [1.807, 2.05) is 4.68 Å². The molecule has 0 radical (unpaired) electrons. The molecular formula is C14H28N4O. The van der Waals surface area contributed by atoms with E-state index in [0.29, 0.717) is 6.04 Å². The van der Waals surface area contributed by atoms with Gasteiger partial charge in [-0.2, -0.15) is 5.10 Å². The largest absolute Gasteiger partial charge is 0.377 e. The molecule has 1 heterocycles. The van der Waals surface area contributed by atoms with Crippen LogP contribution < -0.4 is 5.32 Å². The molecule has 0 fully saturated rings. The second-order valence-corrected chi connectivity index (χ2v) is 5.14. The smallest absolute Gasteiger partial charge is 0.138 e. The van der Waals surface area contributed by atoms with E-state index in [9.17, 15) is 0 Å². The first-order chi connectivity index (χ1) is 9.17. The summed E-state index contributed by atoms with van der Waals surface area (Å²) in [5, 5.41) is 7.80. The fourth-order valence-electron chi connectivity index (χ4n) is 1.91. The minimum atomic E-state index is 0.263. The standard InChI is InChI=1S/C14H28N4O/c1-5-7-15-13(10-19-12(3)4)9-14-16-11-17-18(14)8-6-2/h11-13,15H,5-10H2,1-4H3. The predicted molar refractivity (Wildman–Crippen MR) is 77.2 cm³/mol. The average Bonchev–Trinajstić information content (AvgIpc) is 2.80. The summed E-state index contributed by atoms with van der Waals surface area (Å²) in [6.45, 7) is 11.1. The lowest BCUT2D eigenvalue weighted by molar-refractivity contribution is 0.0607. The Balaban J connectivity index is 2.56. The summed E-state index contributed by atoms with van der Waals surface area (Å²) in [5.41, 5.74) is 0. The fraction of sp³-hybridized carbons (Fsp3) is 0.857. The molecule has 19 heavy (non-hydrogen) atoms. The van der Waals surface area contributed by atoms with E-state index in [1.54, 1.807) is 6.33 Å².